The van der Waals surface area contributed by atoms with E-state index >= 15 is 0 Å². The zero-order valence-electron chi connectivity index (χ0n) is 7.52. The van der Waals surface area contributed by atoms with Gasteiger partial charge in [-0.3, -0.25) is 0 Å². The number of aryl methyl sites for hydroxylation is 1. The predicted molar refractivity (Wildman–Crippen MR) is 49.3 cm³/mol. The van der Waals surface area contributed by atoms with E-state index in [9.17, 15) is 0 Å². The number of hydrogen-bond acceptors (Lipinski definition) is 1. The summed E-state index contributed by atoms with van der Waals surface area (Å²) in [6.45, 7) is 7.71. The van der Waals surface area contributed by atoms with Crippen molar-refractivity contribution < 1.29 is 1.43 Å². The fraction of sp³-hybridized carbons (Fsp3) is 0.444. The lowest BCUT2D eigenvalue weighted by Gasteiger charge is -1.75. The standard InChI is InChI=1S/C7H8N2.C2H6.H2/c1-3-4-7-5-8-6(2)9-7;1-2;/h5H,1-2H3,(H,8,9);1-2H3;1H. The van der Waals surface area contributed by atoms with E-state index in [2.05, 4.69) is 21.8 Å². The Morgan fingerprint density at radius 1 is 1.55 bits per heavy atom. The minimum atomic E-state index is 0. The summed E-state index contributed by atoms with van der Waals surface area (Å²) in [5, 5.41) is 0. The number of imidazole rings is 1. The van der Waals surface area contributed by atoms with E-state index in [1.54, 1.807) is 13.1 Å². The van der Waals surface area contributed by atoms with E-state index in [0.29, 0.717) is 0 Å². The molecule has 0 aliphatic carbocycles. The van der Waals surface area contributed by atoms with Crippen LogP contribution in [0.2, 0.25) is 0 Å². The second-order valence-electron chi connectivity index (χ2n) is 1.76. The molecule has 0 aromatic carbocycles. The summed E-state index contributed by atoms with van der Waals surface area (Å²) >= 11 is 0. The van der Waals surface area contributed by atoms with Gasteiger partial charge in [-0.05, 0) is 19.8 Å². The molecule has 0 bridgehead atoms. The van der Waals surface area contributed by atoms with E-state index in [1.165, 1.54) is 0 Å². The summed E-state index contributed by atoms with van der Waals surface area (Å²) in [7, 11) is 0. The van der Waals surface area contributed by atoms with Crippen molar-refractivity contribution in [1.29, 1.82) is 0 Å². The zero-order chi connectivity index (χ0) is 8.69. The minimum absolute atomic E-state index is 0. The van der Waals surface area contributed by atoms with Gasteiger partial charge in [0.25, 0.3) is 0 Å². The lowest BCUT2D eigenvalue weighted by atomic mass is 10.5. The van der Waals surface area contributed by atoms with Crippen LogP contribution in [0.25, 0.3) is 0 Å². The maximum absolute atomic E-state index is 3.98. The van der Waals surface area contributed by atoms with Crippen LogP contribution in [0.3, 0.4) is 0 Å². The SMILES string of the molecule is CC.CC#Cc1cnc(C)[nH]1.[HH]. The van der Waals surface area contributed by atoms with Crippen LogP contribution in [-0.2, 0) is 0 Å². The second-order valence-corrected chi connectivity index (χ2v) is 1.76. The summed E-state index contributed by atoms with van der Waals surface area (Å²) in [5.41, 5.74) is 0.884. The smallest absolute Gasteiger partial charge is 0.109 e. The molecule has 0 unspecified atom stereocenters. The maximum atomic E-state index is 3.98. The topological polar surface area (TPSA) is 28.7 Å². The average molecular weight is 152 g/mol. The molecule has 0 amide bonds. The van der Waals surface area contributed by atoms with Gasteiger partial charge in [0.2, 0.25) is 0 Å². The van der Waals surface area contributed by atoms with Crippen LogP contribution in [0.5, 0.6) is 0 Å². The first-order chi connectivity index (χ1) is 5.33. The Kier molecular flexibility index (Phi) is 4.93. The highest BCUT2D eigenvalue weighted by Gasteiger charge is 1.87. The van der Waals surface area contributed by atoms with Gasteiger partial charge in [0.05, 0.1) is 6.20 Å². The van der Waals surface area contributed by atoms with Crippen LogP contribution in [0.1, 0.15) is 33.7 Å². The van der Waals surface area contributed by atoms with Crippen LogP contribution in [0.4, 0.5) is 0 Å². The normalized spacial score (nSPS) is 7.27. The van der Waals surface area contributed by atoms with Crippen molar-refractivity contribution in [2.75, 3.05) is 0 Å². The van der Waals surface area contributed by atoms with Crippen molar-refractivity contribution in [2.24, 2.45) is 0 Å². The third-order valence-corrected chi connectivity index (χ3v) is 0.963. The highest BCUT2D eigenvalue weighted by Crippen LogP contribution is 1.91. The number of aromatic amines is 1. The van der Waals surface area contributed by atoms with E-state index in [1.807, 2.05) is 20.8 Å². The molecule has 0 saturated carbocycles. The van der Waals surface area contributed by atoms with E-state index in [0.717, 1.165) is 11.5 Å². The van der Waals surface area contributed by atoms with E-state index in [4.69, 9.17) is 0 Å². The molecular weight excluding hydrogens is 136 g/mol. The molecule has 2 heteroatoms. The second kappa shape index (κ2) is 5.55. The Morgan fingerprint density at radius 3 is 2.55 bits per heavy atom. The van der Waals surface area contributed by atoms with Crippen LogP contribution in [-0.4, -0.2) is 9.97 Å². The number of aromatic nitrogens is 2. The molecule has 0 aliphatic rings. The Balaban J connectivity index is 0. The fourth-order valence-electron chi connectivity index (χ4n) is 0.619. The number of nitrogens with zero attached hydrogens (tertiary/aromatic N) is 1. The van der Waals surface area contributed by atoms with Gasteiger partial charge in [0.1, 0.15) is 11.5 Å². The first kappa shape index (κ1) is 9.77. The zero-order valence-corrected chi connectivity index (χ0v) is 7.52. The molecule has 2 nitrogen and oxygen atoms in total. The predicted octanol–water partition coefficient (Wildman–Crippen LogP) is 2.36. The van der Waals surface area contributed by atoms with E-state index in [-0.39, 0.29) is 1.43 Å². The summed E-state index contributed by atoms with van der Waals surface area (Å²) in [5.74, 6) is 6.55. The van der Waals surface area contributed by atoms with Crippen LogP contribution < -0.4 is 0 Å². The molecule has 1 N–H and O–H groups in total. The summed E-state index contributed by atoms with van der Waals surface area (Å²) in [6.07, 6.45) is 1.73. The highest BCUT2D eigenvalue weighted by molar-refractivity contribution is 5.24. The lowest BCUT2D eigenvalue weighted by Crippen LogP contribution is -1.72. The van der Waals surface area contributed by atoms with Gasteiger partial charge in [0, 0.05) is 1.43 Å². The van der Waals surface area contributed by atoms with Gasteiger partial charge < -0.3 is 4.98 Å². The van der Waals surface area contributed by atoms with Crippen molar-refractivity contribution >= 4 is 0 Å². The third-order valence-electron chi connectivity index (χ3n) is 0.963. The van der Waals surface area contributed by atoms with E-state index < -0.39 is 0 Å². The summed E-state index contributed by atoms with van der Waals surface area (Å²) < 4.78 is 0. The Hall–Kier alpha value is -1.23. The fourth-order valence-corrected chi connectivity index (χ4v) is 0.619. The first-order valence-corrected chi connectivity index (χ1v) is 3.77. The van der Waals surface area contributed by atoms with Gasteiger partial charge >= 0.3 is 0 Å². The molecule has 0 aliphatic heterocycles. The first-order valence-electron chi connectivity index (χ1n) is 3.77. The molecule has 11 heavy (non-hydrogen) atoms. The number of H-pyrrole nitrogens is 1. The van der Waals surface area contributed by atoms with Crippen LogP contribution in [0.15, 0.2) is 6.20 Å². The lowest BCUT2D eigenvalue weighted by molar-refractivity contribution is 1.14. The molecule has 1 aromatic rings. The maximum Gasteiger partial charge on any atom is 0.109 e. The number of hydrogen-bond donors (Lipinski definition) is 1. The van der Waals surface area contributed by atoms with Gasteiger partial charge in [-0.1, -0.05) is 19.8 Å². The Labute approximate surface area is 69.5 Å². The summed E-state index contributed by atoms with van der Waals surface area (Å²) in [6, 6.07) is 0. The third kappa shape index (κ3) is 3.47. The van der Waals surface area contributed by atoms with Crippen molar-refractivity contribution in [2.45, 2.75) is 27.7 Å². The summed E-state index contributed by atoms with van der Waals surface area (Å²) in [4.78, 5) is 6.97. The van der Waals surface area contributed by atoms with Crippen LogP contribution in [0, 0.1) is 18.8 Å². The molecule has 1 aromatic heterocycles. The van der Waals surface area contributed by atoms with Crippen molar-refractivity contribution in [3.8, 4) is 11.8 Å². The van der Waals surface area contributed by atoms with Gasteiger partial charge in [-0.25, -0.2) is 4.98 Å². The van der Waals surface area contributed by atoms with Gasteiger partial charge in [-0.15, -0.1) is 0 Å². The molecule has 1 rings (SSSR count). The number of nitrogens with one attached hydrogen (secondary N) is 1. The Morgan fingerprint density at radius 2 is 2.18 bits per heavy atom. The quantitative estimate of drug-likeness (QED) is 0.568. The molecule has 1 heterocycles. The molecule has 62 valence electrons. The minimum Gasteiger partial charge on any atom is -0.336 e. The molecular formula is C9H16N2. The average Bonchev–Trinajstić information content (AvgIpc) is 2.41. The molecule has 0 radical (unpaired) electrons. The molecule has 0 spiro atoms. The van der Waals surface area contributed by atoms with Gasteiger partial charge in [0.15, 0.2) is 0 Å². The highest BCUT2D eigenvalue weighted by atomic mass is 14.9. The van der Waals surface area contributed by atoms with Crippen molar-refractivity contribution in [1.82, 2.24) is 9.97 Å². The van der Waals surface area contributed by atoms with Crippen molar-refractivity contribution in [3.63, 3.8) is 0 Å². The monoisotopic (exact) mass is 152 g/mol. The van der Waals surface area contributed by atoms with Gasteiger partial charge in [-0.2, -0.15) is 0 Å². The molecule has 0 fully saturated rings. The molecule has 0 saturated heterocycles. The Bertz CT molecular complexity index is 255. The largest absolute Gasteiger partial charge is 0.336 e. The van der Waals surface area contributed by atoms with Crippen molar-refractivity contribution in [3.05, 3.63) is 17.7 Å². The number of rotatable bonds is 0. The molecule has 0 atom stereocenters. The van der Waals surface area contributed by atoms with Crippen LogP contribution >= 0.6 is 0 Å².